The number of alkyl halides is 1. The summed E-state index contributed by atoms with van der Waals surface area (Å²) in [7, 11) is -2.23. The predicted molar refractivity (Wildman–Crippen MR) is 57.5 cm³/mol. The van der Waals surface area contributed by atoms with Crippen LogP contribution in [0.1, 0.15) is 5.56 Å². The predicted octanol–water partition coefficient (Wildman–Crippen LogP) is 1.51. The van der Waals surface area contributed by atoms with E-state index in [0.717, 1.165) is 6.26 Å². The molecule has 1 aromatic rings. The van der Waals surface area contributed by atoms with Crippen LogP contribution in [-0.4, -0.2) is 28.1 Å². The van der Waals surface area contributed by atoms with Crippen LogP contribution >= 0.6 is 0 Å². The van der Waals surface area contributed by atoms with Crippen molar-refractivity contribution in [2.75, 3.05) is 13.4 Å². The molecule has 0 fully saturated rings. The Morgan fingerprint density at radius 2 is 1.88 bits per heavy atom. The van der Waals surface area contributed by atoms with Gasteiger partial charge >= 0.3 is 0 Å². The van der Waals surface area contributed by atoms with Gasteiger partial charge in [0.05, 0.1) is 13.4 Å². The quantitative estimate of drug-likeness (QED) is 0.741. The highest BCUT2D eigenvalue weighted by molar-refractivity contribution is 7.86. The van der Waals surface area contributed by atoms with Gasteiger partial charge in [-0.05, 0) is 17.7 Å². The number of halogens is 1. The van der Waals surface area contributed by atoms with Crippen molar-refractivity contribution in [3.63, 3.8) is 0 Å². The van der Waals surface area contributed by atoms with Gasteiger partial charge in [0.1, 0.15) is 5.75 Å². The molecule has 4 nitrogen and oxygen atoms in total. The molecule has 1 unspecified atom stereocenters. The summed E-state index contributed by atoms with van der Waals surface area (Å²) in [5, 5.41) is 0. The minimum Gasteiger partial charge on any atom is -0.497 e. The Morgan fingerprint density at radius 1 is 1.31 bits per heavy atom. The number of hydrogen-bond acceptors (Lipinski definition) is 4. The monoisotopic (exact) mass is 248 g/mol. The fourth-order valence-corrected chi connectivity index (χ4v) is 1.62. The van der Waals surface area contributed by atoms with Crippen LogP contribution < -0.4 is 4.74 Å². The lowest BCUT2D eigenvalue weighted by atomic mass is 10.1. The summed E-state index contributed by atoms with van der Waals surface area (Å²) in [5.41, 5.74) is 0.636. The molecule has 90 valence electrons. The molecular weight excluding hydrogens is 235 g/mol. The molecule has 0 bridgehead atoms. The Morgan fingerprint density at radius 3 is 2.31 bits per heavy atom. The SMILES string of the molecule is COc1ccc(CC(F)OS(C)(=O)=O)cc1. The van der Waals surface area contributed by atoms with Crippen LogP contribution in [0.4, 0.5) is 4.39 Å². The van der Waals surface area contributed by atoms with Crippen LogP contribution in [0.25, 0.3) is 0 Å². The molecule has 0 N–H and O–H groups in total. The van der Waals surface area contributed by atoms with Crippen molar-refractivity contribution in [1.82, 2.24) is 0 Å². The standard InChI is InChI=1S/C10H13FO4S/c1-14-9-5-3-8(4-6-9)7-10(11)15-16(2,12)13/h3-6,10H,7H2,1-2H3. The van der Waals surface area contributed by atoms with Crippen molar-refractivity contribution in [1.29, 1.82) is 0 Å². The van der Waals surface area contributed by atoms with E-state index in [9.17, 15) is 12.8 Å². The highest BCUT2D eigenvalue weighted by atomic mass is 32.2. The summed E-state index contributed by atoms with van der Waals surface area (Å²) < 4.78 is 43.5. The molecule has 0 aromatic heterocycles. The van der Waals surface area contributed by atoms with Crippen LogP contribution in [0.15, 0.2) is 24.3 Å². The van der Waals surface area contributed by atoms with Gasteiger partial charge in [-0.1, -0.05) is 12.1 Å². The third-order valence-corrected chi connectivity index (χ3v) is 2.39. The molecule has 1 atom stereocenters. The van der Waals surface area contributed by atoms with E-state index in [1.165, 1.54) is 7.11 Å². The van der Waals surface area contributed by atoms with Crippen molar-refractivity contribution in [2.45, 2.75) is 12.8 Å². The van der Waals surface area contributed by atoms with Crippen molar-refractivity contribution in [2.24, 2.45) is 0 Å². The van der Waals surface area contributed by atoms with Crippen LogP contribution in [-0.2, 0) is 20.7 Å². The van der Waals surface area contributed by atoms with Gasteiger partial charge in [0.2, 0.25) is 6.36 Å². The van der Waals surface area contributed by atoms with Crippen molar-refractivity contribution < 1.29 is 21.7 Å². The summed E-state index contributed by atoms with van der Waals surface area (Å²) in [5.74, 6) is 0.656. The third kappa shape index (κ3) is 4.59. The van der Waals surface area contributed by atoms with E-state index in [1.807, 2.05) is 0 Å². The summed E-state index contributed by atoms with van der Waals surface area (Å²) in [4.78, 5) is 0. The molecule has 0 radical (unpaired) electrons. The first kappa shape index (κ1) is 12.9. The molecular formula is C10H13FO4S. The maximum Gasteiger partial charge on any atom is 0.267 e. The molecule has 0 spiro atoms. The average Bonchev–Trinajstić information content (AvgIpc) is 2.16. The van der Waals surface area contributed by atoms with Gasteiger partial charge in [0.25, 0.3) is 10.1 Å². The second kappa shape index (κ2) is 5.27. The molecule has 0 aliphatic heterocycles. The first-order valence-corrected chi connectivity index (χ1v) is 6.37. The molecule has 0 aliphatic rings. The Labute approximate surface area is 94.1 Å². The molecule has 1 rings (SSSR count). The molecule has 0 heterocycles. The van der Waals surface area contributed by atoms with E-state index in [0.29, 0.717) is 11.3 Å². The maximum atomic E-state index is 13.1. The first-order chi connectivity index (χ1) is 7.40. The van der Waals surface area contributed by atoms with Gasteiger partial charge in [-0.3, -0.25) is 0 Å². The average molecular weight is 248 g/mol. The van der Waals surface area contributed by atoms with Crippen molar-refractivity contribution in [3.05, 3.63) is 29.8 Å². The molecule has 16 heavy (non-hydrogen) atoms. The van der Waals surface area contributed by atoms with Crippen LogP contribution in [0, 0.1) is 0 Å². The Bertz CT molecular complexity index is 427. The van der Waals surface area contributed by atoms with Crippen LogP contribution in [0.3, 0.4) is 0 Å². The van der Waals surface area contributed by atoms with E-state index >= 15 is 0 Å². The number of hydrogen-bond donors (Lipinski definition) is 0. The Kier molecular flexibility index (Phi) is 4.26. The number of ether oxygens (including phenoxy) is 1. The van der Waals surface area contributed by atoms with Crippen molar-refractivity contribution in [3.8, 4) is 5.75 Å². The lowest BCUT2D eigenvalue weighted by Gasteiger charge is -2.08. The van der Waals surface area contributed by atoms with Crippen LogP contribution in [0.5, 0.6) is 5.75 Å². The largest absolute Gasteiger partial charge is 0.497 e. The highest BCUT2D eigenvalue weighted by Gasteiger charge is 2.14. The fraction of sp³-hybridized carbons (Fsp3) is 0.400. The topological polar surface area (TPSA) is 52.6 Å². The van der Waals surface area contributed by atoms with Gasteiger partial charge in [0.15, 0.2) is 0 Å². The van der Waals surface area contributed by atoms with E-state index in [-0.39, 0.29) is 6.42 Å². The number of rotatable bonds is 5. The van der Waals surface area contributed by atoms with Crippen molar-refractivity contribution >= 4 is 10.1 Å². The minimum atomic E-state index is -3.76. The molecule has 0 saturated heterocycles. The lowest BCUT2D eigenvalue weighted by Crippen LogP contribution is -2.15. The first-order valence-electron chi connectivity index (χ1n) is 4.56. The summed E-state index contributed by atoms with van der Waals surface area (Å²) >= 11 is 0. The summed E-state index contributed by atoms with van der Waals surface area (Å²) in [6, 6.07) is 6.64. The highest BCUT2D eigenvalue weighted by Crippen LogP contribution is 2.14. The van der Waals surface area contributed by atoms with Gasteiger partial charge in [0, 0.05) is 6.42 Å². The maximum absolute atomic E-state index is 13.1. The van der Waals surface area contributed by atoms with Gasteiger partial charge in [-0.25, -0.2) is 8.57 Å². The Balaban J connectivity index is 2.59. The van der Waals surface area contributed by atoms with E-state index in [4.69, 9.17) is 4.74 Å². The zero-order valence-electron chi connectivity index (χ0n) is 9.01. The number of benzene rings is 1. The zero-order valence-corrected chi connectivity index (χ0v) is 9.83. The second-order valence-corrected chi connectivity index (χ2v) is 4.86. The molecule has 6 heteroatoms. The minimum absolute atomic E-state index is 0.114. The normalized spacial score (nSPS) is 13.4. The summed E-state index contributed by atoms with van der Waals surface area (Å²) in [6.07, 6.45) is -1.16. The smallest absolute Gasteiger partial charge is 0.267 e. The molecule has 0 aliphatic carbocycles. The van der Waals surface area contributed by atoms with Gasteiger partial charge in [-0.15, -0.1) is 0 Å². The fourth-order valence-electron chi connectivity index (χ4n) is 1.17. The molecule has 0 amide bonds. The number of methoxy groups -OCH3 is 1. The van der Waals surface area contributed by atoms with E-state index in [1.54, 1.807) is 24.3 Å². The molecule has 1 aromatic carbocycles. The lowest BCUT2D eigenvalue weighted by molar-refractivity contribution is 0.0763. The van der Waals surface area contributed by atoms with Crippen LogP contribution in [0.2, 0.25) is 0 Å². The zero-order chi connectivity index (χ0) is 12.2. The van der Waals surface area contributed by atoms with Gasteiger partial charge in [-0.2, -0.15) is 8.42 Å². The van der Waals surface area contributed by atoms with Gasteiger partial charge < -0.3 is 4.74 Å². The molecule has 0 saturated carbocycles. The third-order valence-electron chi connectivity index (χ3n) is 1.83. The second-order valence-electron chi connectivity index (χ2n) is 3.26. The van der Waals surface area contributed by atoms with E-state index in [2.05, 4.69) is 4.18 Å². The summed E-state index contributed by atoms with van der Waals surface area (Å²) in [6.45, 7) is 0. The van der Waals surface area contributed by atoms with E-state index < -0.39 is 16.5 Å². The Hall–Kier alpha value is -1.14.